The van der Waals surface area contributed by atoms with Crippen LogP contribution in [0.5, 0.6) is 0 Å². The normalized spacial score (nSPS) is 14.2. The zero-order chi connectivity index (χ0) is 27.9. The van der Waals surface area contributed by atoms with Crippen LogP contribution in [0.4, 0.5) is 0 Å². The van der Waals surface area contributed by atoms with Crippen molar-refractivity contribution in [1.82, 2.24) is 10.6 Å². The zero-order valence-electron chi connectivity index (χ0n) is 24.5. The molecule has 0 spiro atoms. The number of hydrogen-bond donors (Lipinski definition) is 5. The molecule has 0 bridgehead atoms. The van der Waals surface area contributed by atoms with E-state index in [1.807, 2.05) is 0 Å². The third-order valence-electron chi connectivity index (χ3n) is 7.28. The molecule has 0 radical (unpaired) electrons. The zero-order valence-corrected chi connectivity index (χ0v) is 24.5. The van der Waals surface area contributed by atoms with Gasteiger partial charge in [-0.2, -0.15) is 0 Å². The highest BCUT2D eigenvalue weighted by Gasteiger charge is 2.32. The second-order valence-corrected chi connectivity index (χ2v) is 11.6. The minimum Gasteiger partial charge on any atom is -0.396 e. The number of amides is 2. The van der Waals surface area contributed by atoms with E-state index in [2.05, 4.69) is 24.5 Å². The number of unbranched alkanes of at least 4 members (excludes halogenated alkanes) is 10. The highest BCUT2D eigenvalue weighted by Crippen LogP contribution is 2.19. The van der Waals surface area contributed by atoms with E-state index in [0.29, 0.717) is 0 Å². The maximum absolute atomic E-state index is 12.6. The topological polar surface area (TPSA) is 119 Å². The average Bonchev–Trinajstić information content (AvgIpc) is 2.86. The van der Waals surface area contributed by atoms with Crippen molar-refractivity contribution >= 4 is 11.8 Å². The molecule has 7 heteroatoms. The molecule has 2 amide bonds. The molecular formula is C30H60N2O5. The quantitative estimate of drug-likeness (QED) is 0.102. The summed E-state index contributed by atoms with van der Waals surface area (Å²) in [6, 6.07) is 0.157. The van der Waals surface area contributed by atoms with Gasteiger partial charge in [-0.05, 0) is 25.7 Å². The van der Waals surface area contributed by atoms with E-state index >= 15 is 0 Å². The molecule has 0 aromatic carbocycles. The van der Waals surface area contributed by atoms with Crippen LogP contribution in [0, 0.1) is 5.41 Å². The van der Waals surface area contributed by atoms with Gasteiger partial charge in [-0.25, -0.2) is 0 Å². The number of carbonyl (C=O) groups excluding carboxylic acids is 2. The molecule has 220 valence electrons. The predicted octanol–water partition coefficient (Wildman–Crippen LogP) is 5.39. The third kappa shape index (κ3) is 19.5. The number of hydrogen-bond acceptors (Lipinski definition) is 5. The molecule has 5 N–H and O–H groups in total. The fourth-order valence-corrected chi connectivity index (χ4v) is 4.55. The molecule has 3 atom stereocenters. The fourth-order valence-electron chi connectivity index (χ4n) is 4.55. The summed E-state index contributed by atoms with van der Waals surface area (Å²) in [5, 5.41) is 35.1. The van der Waals surface area contributed by atoms with E-state index in [1.54, 1.807) is 13.8 Å². The number of rotatable bonds is 25. The van der Waals surface area contributed by atoms with E-state index in [-0.39, 0.29) is 37.6 Å². The summed E-state index contributed by atoms with van der Waals surface area (Å²) in [5.41, 5.74) is -0.927. The highest BCUT2D eigenvalue weighted by molar-refractivity contribution is 5.82. The molecule has 0 saturated heterocycles. The Labute approximate surface area is 227 Å². The van der Waals surface area contributed by atoms with E-state index < -0.39 is 17.4 Å². The summed E-state index contributed by atoms with van der Waals surface area (Å²) in [7, 11) is 0. The van der Waals surface area contributed by atoms with Crippen molar-refractivity contribution in [2.24, 2.45) is 5.41 Å². The van der Waals surface area contributed by atoms with Gasteiger partial charge in [0.25, 0.3) is 0 Å². The van der Waals surface area contributed by atoms with Crippen LogP contribution >= 0.6 is 0 Å². The van der Waals surface area contributed by atoms with Crippen LogP contribution in [0.15, 0.2) is 0 Å². The molecule has 0 heterocycles. The van der Waals surface area contributed by atoms with Crippen LogP contribution < -0.4 is 10.6 Å². The lowest BCUT2D eigenvalue weighted by molar-refractivity contribution is -0.137. The molecule has 0 aliphatic rings. The van der Waals surface area contributed by atoms with Gasteiger partial charge in [0.05, 0.1) is 12.7 Å². The van der Waals surface area contributed by atoms with Crippen LogP contribution in [-0.2, 0) is 9.59 Å². The summed E-state index contributed by atoms with van der Waals surface area (Å²) < 4.78 is 0. The van der Waals surface area contributed by atoms with Gasteiger partial charge in [0.2, 0.25) is 11.8 Å². The van der Waals surface area contributed by atoms with Crippen LogP contribution in [-0.4, -0.2) is 58.5 Å². The Balaban J connectivity index is 4.39. The van der Waals surface area contributed by atoms with Gasteiger partial charge >= 0.3 is 0 Å². The second-order valence-electron chi connectivity index (χ2n) is 11.6. The molecular weight excluding hydrogens is 468 g/mol. The fraction of sp³-hybridized carbons (Fsp3) is 0.933. The predicted molar refractivity (Wildman–Crippen MR) is 152 cm³/mol. The maximum Gasteiger partial charge on any atom is 0.249 e. The van der Waals surface area contributed by atoms with Crippen molar-refractivity contribution in [3.8, 4) is 0 Å². The van der Waals surface area contributed by atoms with E-state index in [9.17, 15) is 24.9 Å². The maximum atomic E-state index is 12.6. The largest absolute Gasteiger partial charge is 0.396 e. The third-order valence-corrected chi connectivity index (χ3v) is 7.28. The Kier molecular flexibility index (Phi) is 22.0. The van der Waals surface area contributed by atoms with Gasteiger partial charge in [-0.1, -0.05) is 111 Å². The van der Waals surface area contributed by atoms with Crippen molar-refractivity contribution in [3.05, 3.63) is 0 Å². The van der Waals surface area contributed by atoms with Crippen molar-refractivity contribution < 1.29 is 24.9 Å². The van der Waals surface area contributed by atoms with Gasteiger partial charge < -0.3 is 26.0 Å². The summed E-state index contributed by atoms with van der Waals surface area (Å²) in [5.74, 6) is -0.636. The van der Waals surface area contributed by atoms with E-state index in [4.69, 9.17) is 0 Å². The number of carbonyl (C=O) groups is 2. The molecule has 0 rings (SSSR count). The van der Waals surface area contributed by atoms with Crippen LogP contribution in [0.1, 0.15) is 143 Å². The Morgan fingerprint density at radius 1 is 0.730 bits per heavy atom. The first-order chi connectivity index (χ1) is 17.7. The lowest BCUT2D eigenvalue weighted by Gasteiger charge is -2.27. The highest BCUT2D eigenvalue weighted by atomic mass is 16.3. The minimum atomic E-state index is -1.32. The Morgan fingerprint density at radius 3 is 1.76 bits per heavy atom. The van der Waals surface area contributed by atoms with Crippen molar-refractivity contribution in [3.63, 3.8) is 0 Å². The molecule has 0 fully saturated rings. The van der Waals surface area contributed by atoms with Gasteiger partial charge in [0.15, 0.2) is 0 Å². The molecule has 3 unspecified atom stereocenters. The summed E-state index contributed by atoms with van der Waals surface area (Å²) in [4.78, 5) is 24.7. The lowest BCUT2D eigenvalue weighted by atomic mass is 9.87. The first-order valence-electron chi connectivity index (χ1n) is 15.2. The summed E-state index contributed by atoms with van der Waals surface area (Å²) in [6.07, 6.45) is 17.8. The van der Waals surface area contributed by atoms with Gasteiger partial charge in [-0.3, -0.25) is 9.59 Å². The molecule has 0 aliphatic carbocycles. The van der Waals surface area contributed by atoms with Crippen LogP contribution in [0.3, 0.4) is 0 Å². The number of aliphatic hydroxyl groups excluding tert-OH is 3. The SMILES string of the molecule is CCCCCCCCCC(CCCCCCCC(O)CCC)NC(=O)CCNC(=O)C(O)C(C)(C)CO. The molecule has 0 saturated carbocycles. The molecule has 7 nitrogen and oxygen atoms in total. The molecule has 37 heavy (non-hydrogen) atoms. The Morgan fingerprint density at radius 2 is 1.24 bits per heavy atom. The summed E-state index contributed by atoms with van der Waals surface area (Å²) in [6.45, 7) is 7.43. The van der Waals surface area contributed by atoms with Gasteiger partial charge in [0, 0.05) is 24.4 Å². The second kappa shape index (κ2) is 22.8. The number of aliphatic hydroxyl groups is 3. The Bertz CT molecular complexity index is 570. The molecule has 0 aromatic heterocycles. The van der Waals surface area contributed by atoms with Gasteiger partial charge in [0.1, 0.15) is 6.10 Å². The standard InChI is InChI=1S/C30H60N2O5/c1-5-7-8-9-10-12-15-19-25(20-16-13-11-14-17-21-26(34)18-6-2)32-27(35)22-23-31-29(37)28(36)30(3,4)24-33/h25-26,28,33-34,36H,5-24H2,1-4H3,(H,31,37)(H,32,35). The minimum absolute atomic E-state index is 0.0749. The van der Waals surface area contributed by atoms with Crippen LogP contribution in [0.2, 0.25) is 0 Å². The lowest BCUT2D eigenvalue weighted by Crippen LogP contribution is -2.46. The van der Waals surface area contributed by atoms with E-state index in [1.165, 1.54) is 38.5 Å². The molecule has 0 aromatic rings. The molecule has 0 aliphatic heterocycles. The smallest absolute Gasteiger partial charge is 0.249 e. The van der Waals surface area contributed by atoms with Crippen LogP contribution in [0.25, 0.3) is 0 Å². The van der Waals surface area contributed by atoms with E-state index in [0.717, 1.165) is 70.6 Å². The summed E-state index contributed by atoms with van der Waals surface area (Å²) >= 11 is 0. The first-order valence-corrected chi connectivity index (χ1v) is 15.2. The van der Waals surface area contributed by atoms with Gasteiger partial charge in [-0.15, -0.1) is 0 Å². The van der Waals surface area contributed by atoms with Crippen molar-refractivity contribution in [2.45, 2.75) is 162 Å². The van der Waals surface area contributed by atoms with Crippen molar-refractivity contribution in [1.29, 1.82) is 0 Å². The average molecular weight is 529 g/mol. The number of nitrogens with one attached hydrogen (secondary N) is 2. The Hall–Kier alpha value is -1.18. The van der Waals surface area contributed by atoms with Crippen molar-refractivity contribution in [2.75, 3.05) is 13.2 Å². The first kappa shape index (κ1) is 35.8. The monoisotopic (exact) mass is 528 g/mol.